The van der Waals surface area contributed by atoms with Crippen LogP contribution in [0.3, 0.4) is 0 Å². The Kier molecular flexibility index (Phi) is 4.92. The van der Waals surface area contributed by atoms with E-state index < -0.39 is 5.54 Å². The Morgan fingerprint density at radius 1 is 1.33 bits per heavy atom. The van der Waals surface area contributed by atoms with Crippen LogP contribution in [0.5, 0.6) is 0 Å². The Balaban J connectivity index is 1.57. The molecule has 24 heavy (non-hydrogen) atoms. The van der Waals surface area contributed by atoms with Crippen molar-refractivity contribution in [3.63, 3.8) is 0 Å². The first-order chi connectivity index (χ1) is 11.6. The summed E-state index contributed by atoms with van der Waals surface area (Å²) < 4.78 is 0. The van der Waals surface area contributed by atoms with Crippen LogP contribution in [0.25, 0.3) is 0 Å². The number of carbonyl (C=O) groups is 2. The van der Waals surface area contributed by atoms with Gasteiger partial charge in [-0.15, -0.1) is 22.7 Å². The van der Waals surface area contributed by atoms with Crippen LogP contribution in [0.15, 0.2) is 22.9 Å². The molecule has 0 saturated heterocycles. The van der Waals surface area contributed by atoms with Crippen LogP contribution in [0.4, 0.5) is 5.13 Å². The molecule has 0 radical (unpaired) electrons. The third-order valence-corrected chi connectivity index (χ3v) is 5.58. The molecule has 8 heteroatoms. The van der Waals surface area contributed by atoms with Crippen LogP contribution in [0.1, 0.15) is 41.0 Å². The van der Waals surface area contributed by atoms with Crippen LogP contribution in [0.2, 0.25) is 0 Å². The second-order valence-corrected chi connectivity index (χ2v) is 7.51. The molecule has 3 rings (SSSR count). The van der Waals surface area contributed by atoms with Crippen molar-refractivity contribution in [3.8, 4) is 6.07 Å². The molecule has 6 nitrogen and oxygen atoms in total. The van der Waals surface area contributed by atoms with E-state index >= 15 is 0 Å². The van der Waals surface area contributed by atoms with Gasteiger partial charge in [0.25, 0.3) is 5.91 Å². The highest BCUT2D eigenvalue weighted by Crippen LogP contribution is 2.29. The molecule has 0 spiro atoms. The van der Waals surface area contributed by atoms with Crippen molar-refractivity contribution in [1.82, 2.24) is 10.3 Å². The number of nitrogens with zero attached hydrogens (tertiary/aromatic N) is 2. The largest absolute Gasteiger partial charge is 0.337 e. The minimum absolute atomic E-state index is 0.106. The van der Waals surface area contributed by atoms with Gasteiger partial charge in [-0.3, -0.25) is 14.9 Å². The predicted molar refractivity (Wildman–Crippen MR) is 93.0 cm³/mol. The summed E-state index contributed by atoms with van der Waals surface area (Å²) in [6.07, 6.45) is 3.44. The number of carbonyl (C=O) groups excluding carboxylic acids is 2. The molecule has 0 unspecified atom stereocenters. The van der Waals surface area contributed by atoms with Gasteiger partial charge in [-0.1, -0.05) is 6.07 Å². The van der Waals surface area contributed by atoms with E-state index in [4.69, 9.17) is 0 Å². The molecule has 2 aromatic rings. The molecule has 0 bridgehead atoms. The van der Waals surface area contributed by atoms with Crippen LogP contribution in [-0.2, 0) is 11.2 Å². The number of amides is 2. The fourth-order valence-electron chi connectivity index (χ4n) is 2.73. The van der Waals surface area contributed by atoms with Crippen LogP contribution >= 0.6 is 22.7 Å². The second kappa shape index (κ2) is 7.11. The number of aromatic nitrogens is 1. The van der Waals surface area contributed by atoms with Gasteiger partial charge >= 0.3 is 0 Å². The van der Waals surface area contributed by atoms with E-state index in [0.29, 0.717) is 28.5 Å². The monoisotopic (exact) mass is 360 g/mol. The van der Waals surface area contributed by atoms with Gasteiger partial charge in [-0.2, -0.15) is 5.26 Å². The summed E-state index contributed by atoms with van der Waals surface area (Å²) >= 11 is 2.64. The topological polar surface area (TPSA) is 94.9 Å². The van der Waals surface area contributed by atoms with Gasteiger partial charge in [-0.05, 0) is 37.1 Å². The molecule has 0 aromatic carbocycles. The molecule has 1 saturated carbocycles. The lowest BCUT2D eigenvalue weighted by Crippen LogP contribution is -2.45. The molecule has 1 fully saturated rings. The summed E-state index contributed by atoms with van der Waals surface area (Å²) in [4.78, 5) is 29.0. The highest BCUT2D eigenvalue weighted by molar-refractivity contribution is 7.14. The molecule has 1 aliphatic rings. The van der Waals surface area contributed by atoms with Crippen molar-refractivity contribution >= 4 is 39.6 Å². The molecule has 2 aromatic heterocycles. The Labute approximate surface area is 147 Å². The molecule has 2 N–H and O–H groups in total. The van der Waals surface area contributed by atoms with E-state index in [-0.39, 0.29) is 18.2 Å². The maximum absolute atomic E-state index is 12.2. The fraction of sp³-hybridized carbons (Fsp3) is 0.375. The van der Waals surface area contributed by atoms with Gasteiger partial charge in [0.05, 0.1) is 23.1 Å². The normalized spacial score (nSPS) is 15.6. The Morgan fingerprint density at radius 2 is 2.12 bits per heavy atom. The number of anilines is 1. The summed E-state index contributed by atoms with van der Waals surface area (Å²) in [6, 6.07) is 5.79. The van der Waals surface area contributed by atoms with Gasteiger partial charge in [0, 0.05) is 5.38 Å². The minimum atomic E-state index is -0.719. The third kappa shape index (κ3) is 3.80. The van der Waals surface area contributed by atoms with Gasteiger partial charge in [0.2, 0.25) is 5.91 Å². The lowest BCUT2D eigenvalue weighted by molar-refractivity contribution is -0.121. The number of nitriles is 1. The summed E-state index contributed by atoms with van der Waals surface area (Å²) in [6.45, 7) is 0. The molecule has 2 amide bonds. The van der Waals surface area contributed by atoms with E-state index in [0.717, 1.165) is 12.8 Å². The van der Waals surface area contributed by atoms with Crippen molar-refractivity contribution in [1.29, 1.82) is 5.26 Å². The van der Waals surface area contributed by atoms with E-state index in [1.165, 1.54) is 22.7 Å². The smallest absolute Gasteiger partial charge is 0.267 e. The van der Waals surface area contributed by atoms with Crippen LogP contribution in [0, 0.1) is 11.3 Å². The van der Waals surface area contributed by atoms with Crippen LogP contribution < -0.4 is 10.6 Å². The first kappa shape index (κ1) is 16.6. The molecule has 124 valence electrons. The number of rotatable bonds is 5. The summed E-state index contributed by atoms with van der Waals surface area (Å²) in [5, 5.41) is 18.9. The van der Waals surface area contributed by atoms with Crippen LogP contribution in [-0.4, -0.2) is 22.3 Å². The highest BCUT2D eigenvalue weighted by Gasteiger charge is 2.35. The molecule has 0 atom stereocenters. The minimum Gasteiger partial charge on any atom is -0.337 e. The zero-order valence-corrected chi connectivity index (χ0v) is 14.5. The van der Waals surface area contributed by atoms with Crippen molar-refractivity contribution in [2.45, 2.75) is 37.6 Å². The number of hydrogen-bond acceptors (Lipinski definition) is 6. The van der Waals surface area contributed by atoms with Crippen molar-refractivity contribution in [2.75, 3.05) is 5.32 Å². The average molecular weight is 360 g/mol. The number of nitrogens with one attached hydrogen (secondary N) is 2. The molecule has 2 heterocycles. The van der Waals surface area contributed by atoms with E-state index in [1.807, 2.05) is 11.4 Å². The van der Waals surface area contributed by atoms with Crippen molar-refractivity contribution < 1.29 is 9.59 Å². The van der Waals surface area contributed by atoms with Gasteiger partial charge in [0.15, 0.2) is 5.13 Å². The van der Waals surface area contributed by atoms with Gasteiger partial charge < -0.3 is 5.32 Å². The lowest BCUT2D eigenvalue weighted by Gasteiger charge is -2.21. The summed E-state index contributed by atoms with van der Waals surface area (Å²) in [7, 11) is 0. The first-order valence-electron chi connectivity index (χ1n) is 7.62. The zero-order chi connectivity index (χ0) is 17.0. The van der Waals surface area contributed by atoms with Crippen molar-refractivity contribution in [2.24, 2.45) is 0 Å². The summed E-state index contributed by atoms with van der Waals surface area (Å²) in [5.41, 5.74) is -0.131. The summed E-state index contributed by atoms with van der Waals surface area (Å²) in [5.74, 6) is -0.412. The number of hydrogen-bond donors (Lipinski definition) is 2. The Bertz CT molecular complexity index is 770. The number of thiophene rings is 1. The zero-order valence-electron chi connectivity index (χ0n) is 12.9. The predicted octanol–water partition coefficient (Wildman–Crippen LogP) is 2.95. The Hall–Kier alpha value is -2.24. The van der Waals surface area contributed by atoms with E-state index in [2.05, 4.69) is 21.7 Å². The SMILES string of the molecule is N#CC1(NC(=O)Cc2csc(NC(=O)c3cccs3)n2)CCCC1. The molecular formula is C16H16N4O2S2. The molecule has 0 aliphatic heterocycles. The Morgan fingerprint density at radius 3 is 2.79 bits per heavy atom. The molecule has 1 aliphatic carbocycles. The maximum Gasteiger partial charge on any atom is 0.267 e. The highest BCUT2D eigenvalue weighted by atomic mass is 32.1. The van der Waals surface area contributed by atoms with Gasteiger partial charge in [-0.25, -0.2) is 4.98 Å². The fourth-order valence-corrected chi connectivity index (χ4v) is 4.06. The molecular weight excluding hydrogens is 344 g/mol. The number of thiazole rings is 1. The van der Waals surface area contributed by atoms with Crippen molar-refractivity contribution in [3.05, 3.63) is 33.5 Å². The maximum atomic E-state index is 12.2. The first-order valence-corrected chi connectivity index (χ1v) is 9.38. The lowest BCUT2D eigenvalue weighted by atomic mass is 9.99. The second-order valence-electron chi connectivity index (χ2n) is 5.70. The average Bonchev–Trinajstić information content (AvgIpc) is 3.29. The van der Waals surface area contributed by atoms with E-state index in [1.54, 1.807) is 11.4 Å². The van der Waals surface area contributed by atoms with E-state index in [9.17, 15) is 14.9 Å². The quantitative estimate of drug-likeness (QED) is 0.857. The standard InChI is InChI=1S/C16H16N4O2S2/c17-10-16(5-1-2-6-16)20-13(21)8-11-9-24-15(18-11)19-14(22)12-4-3-7-23-12/h3-4,7,9H,1-2,5-6,8H2,(H,20,21)(H,18,19,22). The van der Waals surface area contributed by atoms with Gasteiger partial charge in [0.1, 0.15) is 5.54 Å². The third-order valence-electron chi connectivity index (χ3n) is 3.91.